The van der Waals surface area contributed by atoms with Crippen LogP contribution in [0.1, 0.15) is 22.9 Å². The third-order valence-corrected chi connectivity index (χ3v) is 2.98. The van der Waals surface area contributed by atoms with Gasteiger partial charge in [-0.05, 0) is 25.6 Å². The fourth-order valence-corrected chi connectivity index (χ4v) is 2.02. The summed E-state index contributed by atoms with van der Waals surface area (Å²) < 4.78 is 15.8. The molecular weight excluding hydrogens is 217 g/mol. The molecule has 1 aromatic carbocycles. The lowest BCUT2D eigenvalue weighted by Crippen LogP contribution is -2.22. The molecule has 1 atom stereocenters. The van der Waals surface area contributed by atoms with Crippen LogP contribution in [0.3, 0.4) is 0 Å². The number of benzene rings is 1. The highest BCUT2D eigenvalue weighted by molar-refractivity contribution is 5.32. The first-order valence-electron chi connectivity index (χ1n) is 5.55. The SMILES string of the molecule is CNC(c1cccc(C)c1F)c1ccnn1C. The maximum atomic E-state index is 14.1. The molecule has 17 heavy (non-hydrogen) atoms. The molecule has 3 nitrogen and oxygen atoms in total. The lowest BCUT2D eigenvalue weighted by atomic mass is 10.0. The molecule has 1 unspecified atom stereocenters. The van der Waals surface area contributed by atoms with Crippen molar-refractivity contribution >= 4 is 0 Å². The van der Waals surface area contributed by atoms with Crippen molar-refractivity contribution in [2.75, 3.05) is 7.05 Å². The number of aromatic nitrogens is 2. The second kappa shape index (κ2) is 4.67. The van der Waals surface area contributed by atoms with Crippen LogP contribution in [-0.2, 0) is 7.05 Å². The van der Waals surface area contributed by atoms with Gasteiger partial charge in [-0.3, -0.25) is 4.68 Å². The summed E-state index contributed by atoms with van der Waals surface area (Å²) in [5, 5.41) is 7.25. The largest absolute Gasteiger partial charge is 0.308 e. The standard InChI is InChI=1S/C13H16FN3/c1-9-5-4-6-10(12(9)14)13(15-2)11-7-8-16-17(11)3/h4-8,13,15H,1-3H3. The van der Waals surface area contributed by atoms with E-state index < -0.39 is 0 Å². The van der Waals surface area contributed by atoms with Crippen LogP contribution < -0.4 is 5.32 Å². The van der Waals surface area contributed by atoms with E-state index in [0.717, 1.165) is 5.69 Å². The molecule has 4 heteroatoms. The highest BCUT2D eigenvalue weighted by Crippen LogP contribution is 2.25. The van der Waals surface area contributed by atoms with E-state index in [2.05, 4.69) is 10.4 Å². The minimum Gasteiger partial charge on any atom is -0.308 e. The van der Waals surface area contributed by atoms with Gasteiger partial charge in [0.2, 0.25) is 0 Å². The van der Waals surface area contributed by atoms with E-state index >= 15 is 0 Å². The van der Waals surface area contributed by atoms with Gasteiger partial charge in [-0.25, -0.2) is 4.39 Å². The van der Waals surface area contributed by atoms with E-state index in [9.17, 15) is 4.39 Å². The van der Waals surface area contributed by atoms with Crippen molar-refractivity contribution < 1.29 is 4.39 Å². The van der Waals surface area contributed by atoms with Crippen LogP contribution in [-0.4, -0.2) is 16.8 Å². The summed E-state index contributed by atoms with van der Waals surface area (Å²) in [7, 11) is 3.67. The van der Waals surface area contributed by atoms with Crippen molar-refractivity contribution in [3.8, 4) is 0 Å². The zero-order chi connectivity index (χ0) is 12.4. The second-order valence-electron chi connectivity index (χ2n) is 4.08. The van der Waals surface area contributed by atoms with Gasteiger partial charge in [0.1, 0.15) is 5.82 Å². The highest BCUT2D eigenvalue weighted by atomic mass is 19.1. The van der Waals surface area contributed by atoms with Crippen molar-refractivity contribution in [2.24, 2.45) is 7.05 Å². The average Bonchev–Trinajstić information content (AvgIpc) is 2.72. The minimum atomic E-state index is -0.178. The Kier molecular flexibility index (Phi) is 3.24. The number of nitrogens with one attached hydrogen (secondary N) is 1. The normalized spacial score (nSPS) is 12.7. The van der Waals surface area contributed by atoms with E-state index in [-0.39, 0.29) is 11.9 Å². The molecule has 0 saturated carbocycles. The van der Waals surface area contributed by atoms with Crippen molar-refractivity contribution in [3.05, 3.63) is 53.1 Å². The molecule has 2 aromatic rings. The third-order valence-electron chi connectivity index (χ3n) is 2.98. The van der Waals surface area contributed by atoms with E-state index in [1.807, 2.05) is 26.2 Å². The van der Waals surface area contributed by atoms with Gasteiger partial charge >= 0.3 is 0 Å². The quantitative estimate of drug-likeness (QED) is 0.880. The second-order valence-corrected chi connectivity index (χ2v) is 4.08. The lowest BCUT2D eigenvalue weighted by molar-refractivity contribution is 0.547. The molecule has 0 bridgehead atoms. The number of rotatable bonds is 3. The monoisotopic (exact) mass is 233 g/mol. The highest BCUT2D eigenvalue weighted by Gasteiger charge is 2.19. The van der Waals surface area contributed by atoms with Crippen molar-refractivity contribution in [1.29, 1.82) is 0 Å². The molecule has 0 radical (unpaired) electrons. The summed E-state index contributed by atoms with van der Waals surface area (Å²) in [6, 6.07) is 7.16. The van der Waals surface area contributed by atoms with Gasteiger partial charge < -0.3 is 5.32 Å². The number of aryl methyl sites for hydroxylation is 2. The Morgan fingerprint density at radius 2 is 2.12 bits per heavy atom. The van der Waals surface area contributed by atoms with Gasteiger partial charge in [-0.1, -0.05) is 18.2 Å². The topological polar surface area (TPSA) is 29.9 Å². The Bertz CT molecular complexity index is 519. The van der Waals surface area contributed by atoms with Crippen LogP contribution in [0.5, 0.6) is 0 Å². The molecule has 2 rings (SSSR count). The van der Waals surface area contributed by atoms with Gasteiger partial charge in [-0.15, -0.1) is 0 Å². The molecule has 1 N–H and O–H groups in total. The number of hydrogen-bond donors (Lipinski definition) is 1. The van der Waals surface area contributed by atoms with E-state index in [1.165, 1.54) is 0 Å². The average molecular weight is 233 g/mol. The Hall–Kier alpha value is -1.68. The Labute approximate surface area is 100 Å². The van der Waals surface area contributed by atoms with Gasteiger partial charge in [0.25, 0.3) is 0 Å². The lowest BCUT2D eigenvalue weighted by Gasteiger charge is -2.18. The molecule has 90 valence electrons. The molecule has 0 aliphatic carbocycles. The van der Waals surface area contributed by atoms with E-state index in [1.54, 1.807) is 29.9 Å². The summed E-state index contributed by atoms with van der Waals surface area (Å²) in [5.41, 5.74) is 2.25. The van der Waals surface area contributed by atoms with Gasteiger partial charge in [0.15, 0.2) is 0 Å². The third kappa shape index (κ3) is 2.08. The molecule has 0 fully saturated rings. The number of halogens is 1. The maximum absolute atomic E-state index is 14.1. The first-order valence-corrected chi connectivity index (χ1v) is 5.55. The molecule has 0 amide bonds. The predicted molar refractivity (Wildman–Crippen MR) is 65.2 cm³/mol. The molecule has 0 aliphatic heterocycles. The van der Waals surface area contributed by atoms with Crippen molar-refractivity contribution in [2.45, 2.75) is 13.0 Å². The fraction of sp³-hybridized carbons (Fsp3) is 0.308. The molecular formula is C13H16FN3. The summed E-state index contributed by atoms with van der Waals surface area (Å²) >= 11 is 0. The first-order chi connectivity index (χ1) is 8.15. The molecule has 0 spiro atoms. The van der Waals surface area contributed by atoms with E-state index in [4.69, 9.17) is 0 Å². The Balaban J connectivity index is 2.50. The summed E-state index contributed by atoms with van der Waals surface area (Å²) in [6.45, 7) is 1.77. The molecule has 1 heterocycles. The minimum absolute atomic E-state index is 0.159. The van der Waals surface area contributed by atoms with Crippen LogP contribution in [0.4, 0.5) is 4.39 Å². The Morgan fingerprint density at radius 1 is 1.35 bits per heavy atom. The number of hydrogen-bond acceptors (Lipinski definition) is 2. The predicted octanol–water partition coefficient (Wildman–Crippen LogP) is 2.18. The molecule has 1 aromatic heterocycles. The molecule has 0 aliphatic rings. The van der Waals surface area contributed by atoms with Crippen LogP contribution in [0.2, 0.25) is 0 Å². The summed E-state index contributed by atoms with van der Waals surface area (Å²) in [6.07, 6.45) is 1.72. The van der Waals surface area contributed by atoms with Gasteiger partial charge in [-0.2, -0.15) is 5.10 Å². The van der Waals surface area contributed by atoms with Crippen LogP contribution in [0, 0.1) is 12.7 Å². The van der Waals surface area contributed by atoms with E-state index in [0.29, 0.717) is 11.1 Å². The summed E-state index contributed by atoms with van der Waals surface area (Å²) in [4.78, 5) is 0. The summed E-state index contributed by atoms with van der Waals surface area (Å²) in [5.74, 6) is -0.159. The first kappa shape index (κ1) is 11.8. The maximum Gasteiger partial charge on any atom is 0.131 e. The zero-order valence-electron chi connectivity index (χ0n) is 10.2. The van der Waals surface area contributed by atoms with Crippen LogP contribution in [0.15, 0.2) is 30.5 Å². The van der Waals surface area contributed by atoms with Crippen LogP contribution in [0.25, 0.3) is 0 Å². The number of nitrogens with zero attached hydrogens (tertiary/aromatic N) is 2. The van der Waals surface area contributed by atoms with Gasteiger partial charge in [0, 0.05) is 18.8 Å². The van der Waals surface area contributed by atoms with Gasteiger partial charge in [0.05, 0.1) is 11.7 Å². The van der Waals surface area contributed by atoms with Crippen LogP contribution >= 0.6 is 0 Å². The Morgan fingerprint density at radius 3 is 2.71 bits per heavy atom. The fourth-order valence-electron chi connectivity index (χ4n) is 2.02. The van der Waals surface area contributed by atoms with Crippen molar-refractivity contribution in [1.82, 2.24) is 15.1 Å². The van der Waals surface area contributed by atoms with Crippen molar-refractivity contribution in [3.63, 3.8) is 0 Å². The zero-order valence-corrected chi connectivity index (χ0v) is 10.2. The molecule has 0 saturated heterocycles. The smallest absolute Gasteiger partial charge is 0.131 e.